The number of aromatic nitrogens is 4. The number of aromatic amines is 2. The second-order valence-electron chi connectivity index (χ2n) is 5.62. The molecule has 1 aromatic carbocycles. The van der Waals surface area contributed by atoms with Crippen LogP contribution in [0.3, 0.4) is 0 Å². The van der Waals surface area contributed by atoms with Crippen molar-refractivity contribution in [3.05, 3.63) is 35.3 Å². The van der Waals surface area contributed by atoms with Gasteiger partial charge in [-0.2, -0.15) is 5.10 Å². The zero-order chi connectivity index (χ0) is 14.6. The highest BCUT2D eigenvalue weighted by Crippen LogP contribution is 2.33. The quantitative estimate of drug-likeness (QED) is 0.531. The summed E-state index contributed by atoms with van der Waals surface area (Å²) in [5, 5.41) is 18.1. The topological polar surface area (TPSA) is 77.6 Å². The minimum absolute atomic E-state index is 0.821. The van der Waals surface area contributed by atoms with Crippen molar-refractivity contribution in [3.63, 3.8) is 0 Å². The van der Waals surface area contributed by atoms with Gasteiger partial charge in [0.25, 0.3) is 0 Å². The smallest absolute Gasteiger partial charge is 0.148 e. The van der Waals surface area contributed by atoms with Gasteiger partial charge in [0.15, 0.2) is 0 Å². The molecule has 0 fully saturated rings. The molecular weight excluding hydrogens is 284 g/mol. The number of imidazole rings is 1. The summed E-state index contributed by atoms with van der Waals surface area (Å²) in [6.07, 6.45) is 1.86. The van der Waals surface area contributed by atoms with Crippen LogP contribution in [0.1, 0.15) is 18.7 Å². The van der Waals surface area contributed by atoms with Crippen molar-refractivity contribution in [1.82, 2.24) is 20.2 Å². The van der Waals surface area contributed by atoms with Crippen LogP contribution in [0.25, 0.3) is 32.6 Å². The van der Waals surface area contributed by atoms with Gasteiger partial charge in [0.2, 0.25) is 0 Å². The van der Waals surface area contributed by atoms with Gasteiger partial charge in [-0.25, -0.2) is 4.98 Å². The summed E-state index contributed by atoms with van der Waals surface area (Å²) < 4.78 is 0. The molecule has 6 heteroatoms. The van der Waals surface area contributed by atoms with E-state index >= 15 is 0 Å². The van der Waals surface area contributed by atoms with Crippen LogP contribution in [-0.2, 0) is 5.60 Å². The minimum Gasteiger partial charge on any atom is -0.385 e. The van der Waals surface area contributed by atoms with Crippen molar-refractivity contribution < 1.29 is 5.11 Å². The largest absolute Gasteiger partial charge is 0.385 e. The van der Waals surface area contributed by atoms with Crippen LogP contribution in [-0.4, -0.2) is 25.3 Å². The Balaban J connectivity index is 1.84. The lowest BCUT2D eigenvalue weighted by Crippen LogP contribution is -2.12. The molecule has 0 radical (unpaired) electrons. The van der Waals surface area contributed by atoms with Crippen LogP contribution in [0.2, 0.25) is 0 Å². The van der Waals surface area contributed by atoms with Crippen LogP contribution in [0.5, 0.6) is 0 Å². The average Bonchev–Trinajstić information content (AvgIpc) is 3.12. The highest BCUT2D eigenvalue weighted by atomic mass is 32.1. The predicted molar refractivity (Wildman–Crippen MR) is 84.3 cm³/mol. The van der Waals surface area contributed by atoms with E-state index in [1.807, 2.05) is 30.5 Å². The van der Waals surface area contributed by atoms with E-state index in [0.29, 0.717) is 0 Å². The molecule has 21 heavy (non-hydrogen) atoms. The van der Waals surface area contributed by atoms with Gasteiger partial charge in [-0.1, -0.05) is 0 Å². The number of hydrogen-bond donors (Lipinski definition) is 3. The molecule has 0 amide bonds. The third-order valence-electron chi connectivity index (χ3n) is 3.48. The van der Waals surface area contributed by atoms with Crippen molar-refractivity contribution in [2.24, 2.45) is 0 Å². The molecule has 0 unspecified atom stereocenters. The summed E-state index contributed by atoms with van der Waals surface area (Å²) in [7, 11) is 0. The van der Waals surface area contributed by atoms with Gasteiger partial charge >= 0.3 is 0 Å². The summed E-state index contributed by atoms with van der Waals surface area (Å²) in [6.45, 7) is 3.58. The fourth-order valence-electron chi connectivity index (χ4n) is 2.36. The maximum atomic E-state index is 10.1. The van der Waals surface area contributed by atoms with Crippen LogP contribution in [0.4, 0.5) is 0 Å². The second kappa shape index (κ2) is 4.16. The third kappa shape index (κ3) is 2.03. The molecule has 0 bridgehead atoms. The molecule has 3 aromatic heterocycles. The zero-order valence-electron chi connectivity index (χ0n) is 11.6. The fraction of sp³-hybridized carbons (Fsp3) is 0.200. The van der Waals surface area contributed by atoms with E-state index in [9.17, 15) is 5.11 Å². The maximum absolute atomic E-state index is 10.1. The van der Waals surface area contributed by atoms with E-state index in [1.54, 1.807) is 25.2 Å². The number of hydrogen-bond acceptors (Lipinski definition) is 4. The standard InChI is InChI=1S/C15H14N4OS/c1-15(2,20)13-4-3-12(21-13)14-17-10-5-8-7-16-19-9(8)6-11(10)18-14/h3-7,20H,1-2H3,(H,16,19)(H,17,18). The first-order valence-corrected chi connectivity index (χ1v) is 7.49. The summed E-state index contributed by atoms with van der Waals surface area (Å²) in [6, 6.07) is 7.93. The Bertz CT molecular complexity index is 893. The Labute approximate surface area is 124 Å². The Hall–Kier alpha value is -2.18. The monoisotopic (exact) mass is 298 g/mol. The normalized spacial score (nSPS) is 12.5. The van der Waals surface area contributed by atoms with E-state index in [-0.39, 0.29) is 0 Å². The molecule has 3 N–H and O–H groups in total. The molecule has 0 spiro atoms. The molecule has 0 aliphatic carbocycles. The van der Waals surface area contributed by atoms with Crippen molar-refractivity contribution >= 4 is 33.3 Å². The highest BCUT2D eigenvalue weighted by molar-refractivity contribution is 7.15. The van der Waals surface area contributed by atoms with Gasteiger partial charge in [-0.05, 0) is 38.1 Å². The van der Waals surface area contributed by atoms with Gasteiger partial charge in [0.1, 0.15) is 5.82 Å². The van der Waals surface area contributed by atoms with Gasteiger partial charge in [0, 0.05) is 16.5 Å². The zero-order valence-corrected chi connectivity index (χ0v) is 12.5. The number of fused-ring (bicyclic) bond motifs is 2. The van der Waals surface area contributed by atoms with E-state index in [4.69, 9.17) is 0 Å². The highest BCUT2D eigenvalue weighted by Gasteiger charge is 2.19. The number of aliphatic hydroxyl groups is 1. The van der Waals surface area contributed by atoms with E-state index in [1.165, 1.54) is 0 Å². The number of nitrogens with zero attached hydrogens (tertiary/aromatic N) is 2. The summed E-state index contributed by atoms with van der Waals surface area (Å²) >= 11 is 1.55. The van der Waals surface area contributed by atoms with Gasteiger partial charge in [-0.3, -0.25) is 5.10 Å². The number of rotatable bonds is 2. The van der Waals surface area contributed by atoms with Crippen LogP contribution in [0.15, 0.2) is 30.5 Å². The van der Waals surface area contributed by atoms with E-state index in [0.717, 1.165) is 37.5 Å². The first-order valence-electron chi connectivity index (χ1n) is 6.67. The van der Waals surface area contributed by atoms with Crippen LogP contribution < -0.4 is 0 Å². The SMILES string of the molecule is CC(C)(O)c1ccc(-c2nc3cc4c[nH]nc4cc3[nH]2)s1. The molecule has 0 saturated heterocycles. The molecule has 4 rings (SSSR count). The molecular formula is C15H14N4OS. The summed E-state index contributed by atoms with van der Waals surface area (Å²) in [4.78, 5) is 9.90. The number of benzene rings is 1. The van der Waals surface area contributed by atoms with Crippen LogP contribution >= 0.6 is 11.3 Å². The average molecular weight is 298 g/mol. The lowest BCUT2D eigenvalue weighted by atomic mass is 10.1. The Morgan fingerprint density at radius 3 is 2.81 bits per heavy atom. The van der Waals surface area contributed by atoms with Crippen molar-refractivity contribution in [1.29, 1.82) is 0 Å². The first kappa shape index (κ1) is 12.6. The number of nitrogens with one attached hydrogen (secondary N) is 2. The fourth-order valence-corrected chi connectivity index (χ4v) is 3.31. The Morgan fingerprint density at radius 2 is 2.05 bits per heavy atom. The molecule has 4 aromatic rings. The number of thiophene rings is 1. The molecule has 0 aliphatic rings. The Kier molecular flexibility index (Phi) is 2.49. The minimum atomic E-state index is -0.824. The van der Waals surface area contributed by atoms with E-state index < -0.39 is 5.60 Å². The lowest BCUT2D eigenvalue weighted by molar-refractivity contribution is 0.0825. The second-order valence-corrected chi connectivity index (χ2v) is 6.71. The van der Waals surface area contributed by atoms with Crippen molar-refractivity contribution in [3.8, 4) is 10.7 Å². The van der Waals surface area contributed by atoms with Crippen LogP contribution in [0, 0.1) is 0 Å². The Morgan fingerprint density at radius 1 is 1.19 bits per heavy atom. The van der Waals surface area contributed by atoms with Crippen molar-refractivity contribution in [2.75, 3.05) is 0 Å². The molecule has 0 aliphatic heterocycles. The van der Waals surface area contributed by atoms with Crippen molar-refractivity contribution in [2.45, 2.75) is 19.4 Å². The molecule has 0 saturated carbocycles. The molecule has 0 atom stereocenters. The lowest BCUT2D eigenvalue weighted by Gasteiger charge is -2.13. The summed E-state index contributed by atoms with van der Waals surface area (Å²) in [5.41, 5.74) is 1.97. The first-order chi connectivity index (χ1) is 10.0. The third-order valence-corrected chi connectivity index (χ3v) is 4.88. The maximum Gasteiger partial charge on any atom is 0.148 e. The summed E-state index contributed by atoms with van der Waals surface area (Å²) in [5.74, 6) is 0.821. The molecule has 106 valence electrons. The van der Waals surface area contributed by atoms with E-state index in [2.05, 4.69) is 20.2 Å². The number of H-pyrrole nitrogens is 2. The molecule has 3 heterocycles. The predicted octanol–water partition coefficient (Wildman–Crippen LogP) is 3.40. The van der Waals surface area contributed by atoms with Gasteiger partial charge in [0.05, 0.1) is 27.0 Å². The van der Waals surface area contributed by atoms with Gasteiger partial charge < -0.3 is 10.1 Å². The molecule has 5 nitrogen and oxygen atoms in total. The van der Waals surface area contributed by atoms with Gasteiger partial charge in [-0.15, -0.1) is 11.3 Å².